The van der Waals surface area contributed by atoms with E-state index in [4.69, 9.17) is 4.74 Å². The molecule has 3 N–H and O–H groups in total. The SMILES string of the molecule is COc1ncccc1-c1ccc(O)c(-c2nc3ccc(C(=O)NCCc4cccnc4)cc3[nH]2)c1. The molecular weight excluding hydrogens is 442 g/mol. The number of aromatic hydroxyl groups is 1. The molecule has 8 nitrogen and oxygen atoms in total. The van der Waals surface area contributed by atoms with Crippen LogP contribution in [0.5, 0.6) is 11.6 Å². The molecule has 3 aromatic heterocycles. The minimum Gasteiger partial charge on any atom is -0.507 e. The highest BCUT2D eigenvalue weighted by molar-refractivity contribution is 5.97. The molecule has 35 heavy (non-hydrogen) atoms. The lowest BCUT2D eigenvalue weighted by Crippen LogP contribution is -2.25. The van der Waals surface area contributed by atoms with E-state index in [-0.39, 0.29) is 11.7 Å². The van der Waals surface area contributed by atoms with Gasteiger partial charge in [-0.3, -0.25) is 9.78 Å². The third-order valence-corrected chi connectivity index (χ3v) is 5.69. The summed E-state index contributed by atoms with van der Waals surface area (Å²) in [5.74, 6) is 0.911. The Morgan fingerprint density at radius 1 is 1.06 bits per heavy atom. The molecule has 1 amide bonds. The maximum atomic E-state index is 12.7. The molecule has 0 aliphatic rings. The third-order valence-electron chi connectivity index (χ3n) is 5.69. The molecule has 174 valence electrons. The number of nitrogens with zero attached hydrogens (tertiary/aromatic N) is 3. The molecule has 0 saturated heterocycles. The zero-order valence-electron chi connectivity index (χ0n) is 19.0. The Kier molecular flexibility index (Phi) is 6.09. The number of fused-ring (bicyclic) bond motifs is 1. The summed E-state index contributed by atoms with van der Waals surface area (Å²) in [6, 6.07) is 18.1. The number of nitrogens with one attached hydrogen (secondary N) is 2. The topological polar surface area (TPSA) is 113 Å². The highest BCUT2D eigenvalue weighted by Crippen LogP contribution is 2.35. The monoisotopic (exact) mass is 465 g/mol. The van der Waals surface area contributed by atoms with Crippen molar-refractivity contribution >= 4 is 16.9 Å². The second kappa shape index (κ2) is 9.64. The average Bonchev–Trinajstić information content (AvgIpc) is 3.33. The second-order valence-corrected chi connectivity index (χ2v) is 7.98. The van der Waals surface area contributed by atoms with Crippen molar-refractivity contribution in [2.45, 2.75) is 6.42 Å². The molecule has 0 spiro atoms. The van der Waals surface area contributed by atoms with E-state index in [0.29, 0.717) is 46.8 Å². The van der Waals surface area contributed by atoms with Crippen LogP contribution in [0, 0.1) is 0 Å². The molecule has 0 aliphatic carbocycles. The molecule has 3 heterocycles. The van der Waals surface area contributed by atoms with Crippen LogP contribution >= 0.6 is 0 Å². The van der Waals surface area contributed by atoms with Gasteiger partial charge in [0.05, 0.1) is 23.7 Å². The van der Waals surface area contributed by atoms with E-state index in [1.165, 1.54) is 0 Å². The van der Waals surface area contributed by atoms with Gasteiger partial charge in [-0.1, -0.05) is 12.1 Å². The molecule has 8 heteroatoms. The minimum absolute atomic E-state index is 0.0871. The summed E-state index contributed by atoms with van der Waals surface area (Å²) in [6.07, 6.45) is 5.88. The predicted octanol–water partition coefficient (Wildman–Crippen LogP) is 4.37. The number of imidazole rings is 1. The number of pyridine rings is 2. The molecule has 5 aromatic rings. The highest BCUT2D eigenvalue weighted by atomic mass is 16.5. The lowest BCUT2D eigenvalue weighted by atomic mass is 10.0. The van der Waals surface area contributed by atoms with E-state index >= 15 is 0 Å². The number of rotatable bonds is 7. The number of hydrogen-bond donors (Lipinski definition) is 3. The lowest BCUT2D eigenvalue weighted by molar-refractivity contribution is 0.0954. The van der Waals surface area contributed by atoms with Gasteiger partial charge in [-0.25, -0.2) is 9.97 Å². The first-order valence-corrected chi connectivity index (χ1v) is 11.1. The van der Waals surface area contributed by atoms with Crippen LogP contribution in [-0.4, -0.2) is 44.6 Å². The molecule has 0 fully saturated rings. The van der Waals surface area contributed by atoms with Gasteiger partial charge in [0.1, 0.15) is 11.6 Å². The number of ether oxygens (including phenoxy) is 1. The minimum atomic E-state index is -0.166. The molecule has 2 aromatic carbocycles. The van der Waals surface area contributed by atoms with E-state index in [1.54, 1.807) is 56.0 Å². The van der Waals surface area contributed by atoms with Gasteiger partial charge in [0, 0.05) is 36.3 Å². The van der Waals surface area contributed by atoms with Gasteiger partial charge in [-0.05, 0) is 66.1 Å². The average molecular weight is 466 g/mol. The van der Waals surface area contributed by atoms with Crippen molar-refractivity contribution in [3.8, 4) is 34.1 Å². The Labute approximate surface area is 201 Å². The van der Waals surface area contributed by atoms with Crippen LogP contribution in [0.4, 0.5) is 0 Å². The van der Waals surface area contributed by atoms with Crippen molar-refractivity contribution in [2.24, 2.45) is 0 Å². The van der Waals surface area contributed by atoms with Gasteiger partial charge in [0.15, 0.2) is 0 Å². The van der Waals surface area contributed by atoms with Crippen LogP contribution in [0.2, 0.25) is 0 Å². The van der Waals surface area contributed by atoms with Crippen molar-refractivity contribution in [1.82, 2.24) is 25.3 Å². The number of methoxy groups -OCH3 is 1. The van der Waals surface area contributed by atoms with Gasteiger partial charge in [-0.2, -0.15) is 0 Å². The molecule has 0 aliphatic heterocycles. The second-order valence-electron chi connectivity index (χ2n) is 7.98. The predicted molar refractivity (Wildman–Crippen MR) is 133 cm³/mol. The van der Waals surface area contributed by atoms with Gasteiger partial charge in [0.25, 0.3) is 5.91 Å². The van der Waals surface area contributed by atoms with Crippen LogP contribution in [0.1, 0.15) is 15.9 Å². The zero-order valence-corrected chi connectivity index (χ0v) is 19.0. The van der Waals surface area contributed by atoms with Crippen LogP contribution in [0.15, 0.2) is 79.3 Å². The van der Waals surface area contributed by atoms with E-state index in [1.807, 2.05) is 30.3 Å². The lowest BCUT2D eigenvalue weighted by Gasteiger charge is -2.09. The molecule has 0 radical (unpaired) electrons. The Bertz CT molecular complexity index is 1500. The largest absolute Gasteiger partial charge is 0.507 e. The number of hydrogen-bond acceptors (Lipinski definition) is 6. The number of carbonyl (C=O) groups excluding carboxylic acids is 1. The van der Waals surface area contributed by atoms with Crippen molar-refractivity contribution < 1.29 is 14.6 Å². The maximum Gasteiger partial charge on any atom is 0.251 e. The quantitative estimate of drug-likeness (QED) is 0.329. The summed E-state index contributed by atoms with van der Waals surface area (Å²) < 4.78 is 5.37. The van der Waals surface area contributed by atoms with E-state index < -0.39 is 0 Å². The van der Waals surface area contributed by atoms with Gasteiger partial charge < -0.3 is 20.1 Å². The van der Waals surface area contributed by atoms with E-state index in [9.17, 15) is 9.90 Å². The summed E-state index contributed by atoms with van der Waals surface area (Å²) in [5.41, 5.74) is 5.14. The van der Waals surface area contributed by atoms with Crippen LogP contribution in [0.25, 0.3) is 33.5 Å². The number of carbonyl (C=O) groups is 1. The Morgan fingerprint density at radius 3 is 2.77 bits per heavy atom. The first-order valence-electron chi connectivity index (χ1n) is 11.1. The summed E-state index contributed by atoms with van der Waals surface area (Å²) in [7, 11) is 1.57. The van der Waals surface area contributed by atoms with Crippen LogP contribution in [0.3, 0.4) is 0 Å². The Balaban J connectivity index is 1.39. The molecule has 0 unspecified atom stereocenters. The fourth-order valence-electron chi connectivity index (χ4n) is 3.91. The first kappa shape index (κ1) is 22.1. The number of amides is 1. The van der Waals surface area contributed by atoms with E-state index in [0.717, 1.165) is 16.7 Å². The molecule has 0 atom stereocenters. The first-order chi connectivity index (χ1) is 17.1. The smallest absolute Gasteiger partial charge is 0.251 e. The molecular formula is C27H23N5O3. The summed E-state index contributed by atoms with van der Waals surface area (Å²) in [4.78, 5) is 28.8. The standard InChI is InChI=1S/C27H23N5O3/c1-35-27-20(5-3-12-30-27)18-7-9-24(33)21(14-18)25-31-22-8-6-19(15-23(22)32-25)26(34)29-13-10-17-4-2-11-28-16-17/h2-9,11-12,14-16,33H,10,13H2,1H3,(H,29,34)(H,31,32). The fourth-order valence-corrected chi connectivity index (χ4v) is 3.91. The summed E-state index contributed by atoms with van der Waals surface area (Å²) in [6.45, 7) is 0.509. The Morgan fingerprint density at radius 2 is 1.94 bits per heavy atom. The number of phenolic OH excluding ortho intramolecular Hbond substituents is 1. The number of H-pyrrole nitrogens is 1. The van der Waals surface area contributed by atoms with Gasteiger partial charge in [0.2, 0.25) is 5.88 Å². The van der Waals surface area contributed by atoms with E-state index in [2.05, 4.69) is 25.3 Å². The number of benzene rings is 2. The normalized spacial score (nSPS) is 10.9. The van der Waals surface area contributed by atoms with Crippen molar-refractivity contribution in [3.05, 3.63) is 90.4 Å². The van der Waals surface area contributed by atoms with Gasteiger partial charge >= 0.3 is 0 Å². The van der Waals surface area contributed by atoms with Crippen LogP contribution in [-0.2, 0) is 6.42 Å². The summed E-state index contributed by atoms with van der Waals surface area (Å²) in [5, 5.41) is 13.5. The van der Waals surface area contributed by atoms with Crippen molar-refractivity contribution in [3.63, 3.8) is 0 Å². The fraction of sp³-hybridized carbons (Fsp3) is 0.111. The Hall–Kier alpha value is -4.72. The number of aromatic nitrogens is 4. The molecule has 0 bridgehead atoms. The highest BCUT2D eigenvalue weighted by Gasteiger charge is 2.15. The molecule has 0 saturated carbocycles. The van der Waals surface area contributed by atoms with Crippen molar-refractivity contribution in [1.29, 1.82) is 0 Å². The van der Waals surface area contributed by atoms with Gasteiger partial charge in [-0.15, -0.1) is 0 Å². The van der Waals surface area contributed by atoms with Crippen LogP contribution < -0.4 is 10.1 Å². The zero-order chi connectivity index (χ0) is 24.2. The molecule has 5 rings (SSSR count). The number of aromatic amines is 1. The number of phenols is 1. The maximum absolute atomic E-state index is 12.7. The summed E-state index contributed by atoms with van der Waals surface area (Å²) >= 11 is 0. The third kappa shape index (κ3) is 4.67. The van der Waals surface area contributed by atoms with Crippen molar-refractivity contribution in [2.75, 3.05) is 13.7 Å².